The zero-order valence-electron chi connectivity index (χ0n) is 15.6. The minimum Gasteiger partial charge on any atom is -0.478 e. The number of thiophene rings is 1. The number of carbonyl (C=O) groups is 2. The van der Waals surface area contributed by atoms with Crippen LogP contribution in [-0.4, -0.2) is 36.7 Å². The number of benzene rings is 1. The van der Waals surface area contributed by atoms with E-state index >= 15 is 0 Å². The first-order chi connectivity index (χ1) is 13.6. The van der Waals surface area contributed by atoms with Crippen molar-refractivity contribution >= 4 is 33.9 Å². The second kappa shape index (κ2) is 8.32. The Bertz CT molecular complexity index is 869. The number of fused-ring (bicyclic) bond motifs is 1. The van der Waals surface area contributed by atoms with Crippen molar-refractivity contribution in [1.29, 1.82) is 0 Å². The van der Waals surface area contributed by atoms with Crippen molar-refractivity contribution in [3.8, 4) is 0 Å². The van der Waals surface area contributed by atoms with E-state index in [-0.39, 0.29) is 11.5 Å². The number of amides is 1. The van der Waals surface area contributed by atoms with E-state index in [0.717, 1.165) is 68.0 Å². The number of anilines is 2. The Morgan fingerprint density at radius 2 is 1.89 bits per heavy atom. The van der Waals surface area contributed by atoms with E-state index in [1.807, 2.05) is 12.1 Å². The molecular weight excluding hydrogens is 376 g/mol. The number of carboxylic acids is 1. The van der Waals surface area contributed by atoms with Crippen LogP contribution in [0, 0.1) is 5.92 Å². The number of aromatic carboxylic acids is 1. The van der Waals surface area contributed by atoms with Gasteiger partial charge in [-0.2, -0.15) is 0 Å². The molecule has 1 fully saturated rings. The lowest BCUT2D eigenvalue weighted by atomic mass is 10.0. The maximum atomic E-state index is 12.6. The van der Waals surface area contributed by atoms with Gasteiger partial charge in [0.2, 0.25) is 0 Å². The highest BCUT2D eigenvalue weighted by Crippen LogP contribution is 2.39. The molecule has 1 saturated heterocycles. The molecule has 4 rings (SSSR count). The number of hydrogen-bond donors (Lipinski definition) is 3. The zero-order valence-corrected chi connectivity index (χ0v) is 16.4. The van der Waals surface area contributed by atoms with Crippen molar-refractivity contribution in [2.45, 2.75) is 32.1 Å². The first-order valence-corrected chi connectivity index (χ1v) is 10.5. The van der Waals surface area contributed by atoms with Gasteiger partial charge < -0.3 is 20.5 Å². The molecule has 0 saturated carbocycles. The van der Waals surface area contributed by atoms with Gasteiger partial charge in [0.05, 0.1) is 5.56 Å². The van der Waals surface area contributed by atoms with Crippen LogP contribution < -0.4 is 10.6 Å². The molecule has 2 aromatic rings. The molecule has 1 aliphatic heterocycles. The Labute approximate surface area is 167 Å². The lowest BCUT2D eigenvalue weighted by Crippen LogP contribution is -2.22. The number of aryl methyl sites for hydroxylation is 1. The lowest BCUT2D eigenvalue weighted by molar-refractivity contribution is 0.0695. The number of nitrogens with one attached hydrogen (secondary N) is 2. The Kier molecular flexibility index (Phi) is 5.64. The molecule has 1 aliphatic carbocycles. The van der Waals surface area contributed by atoms with Crippen LogP contribution in [0.25, 0.3) is 0 Å². The summed E-state index contributed by atoms with van der Waals surface area (Å²) in [4.78, 5) is 25.3. The van der Waals surface area contributed by atoms with Gasteiger partial charge in [-0.05, 0) is 67.9 Å². The molecule has 0 unspecified atom stereocenters. The van der Waals surface area contributed by atoms with Crippen LogP contribution in [-0.2, 0) is 17.6 Å². The predicted octanol–water partition coefficient (Wildman–Crippen LogP) is 4.03. The second-order valence-corrected chi connectivity index (χ2v) is 8.44. The highest BCUT2D eigenvalue weighted by Gasteiger charge is 2.27. The molecule has 2 aliphatic rings. The smallest absolute Gasteiger partial charge is 0.339 e. The number of ether oxygens (including phenoxy) is 1. The molecule has 1 aromatic carbocycles. The maximum Gasteiger partial charge on any atom is 0.339 e. The normalized spacial score (nSPS) is 16.6. The van der Waals surface area contributed by atoms with Crippen LogP contribution in [0.15, 0.2) is 24.3 Å². The molecule has 1 amide bonds. The monoisotopic (exact) mass is 400 g/mol. The Morgan fingerprint density at radius 1 is 1.14 bits per heavy atom. The van der Waals surface area contributed by atoms with Gasteiger partial charge in [0.25, 0.3) is 5.91 Å². The SMILES string of the molecule is O=C(Nc1sc2c(c1C(=O)O)CCC2)c1ccc(NCC2CCOCC2)cc1. The fourth-order valence-corrected chi connectivity index (χ4v) is 5.12. The van der Waals surface area contributed by atoms with E-state index in [2.05, 4.69) is 10.6 Å². The third-order valence-corrected chi connectivity index (χ3v) is 6.65. The average molecular weight is 401 g/mol. The molecular formula is C21H24N2O4S. The minimum absolute atomic E-state index is 0.264. The van der Waals surface area contributed by atoms with Gasteiger partial charge in [-0.1, -0.05) is 0 Å². The minimum atomic E-state index is -0.970. The zero-order chi connectivity index (χ0) is 19.5. The molecule has 0 atom stereocenters. The summed E-state index contributed by atoms with van der Waals surface area (Å²) in [6, 6.07) is 7.31. The fraction of sp³-hybridized carbons (Fsp3) is 0.429. The van der Waals surface area contributed by atoms with E-state index in [9.17, 15) is 14.7 Å². The quantitative estimate of drug-likeness (QED) is 0.682. The largest absolute Gasteiger partial charge is 0.478 e. The van der Waals surface area contributed by atoms with Gasteiger partial charge >= 0.3 is 5.97 Å². The van der Waals surface area contributed by atoms with Crippen LogP contribution in [0.4, 0.5) is 10.7 Å². The van der Waals surface area contributed by atoms with Crippen LogP contribution in [0.2, 0.25) is 0 Å². The summed E-state index contributed by atoms with van der Waals surface area (Å²) in [5, 5.41) is 16.2. The molecule has 1 aromatic heterocycles. The van der Waals surface area contributed by atoms with E-state index in [4.69, 9.17) is 4.74 Å². The summed E-state index contributed by atoms with van der Waals surface area (Å²) < 4.78 is 5.38. The fourth-order valence-electron chi connectivity index (χ4n) is 3.85. The lowest BCUT2D eigenvalue weighted by Gasteiger charge is -2.22. The average Bonchev–Trinajstić information content (AvgIpc) is 3.28. The van der Waals surface area contributed by atoms with Crippen molar-refractivity contribution in [2.75, 3.05) is 30.4 Å². The van der Waals surface area contributed by atoms with Gasteiger partial charge in [-0.15, -0.1) is 11.3 Å². The first kappa shape index (κ1) is 19.0. The van der Waals surface area contributed by atoms with Crippen molar-refractivity contribution in [1.82, 2.24) is 0 Å². The van der Waals surface area contributed by atoms with Gasteiger partial charge in [0.15, 0.2) is 0 Å². The Balaban J connectivity index is 1.39. The number of hydrogen-bond acceptors (Lipinski definition) is 5. The van der Waals surface area contributed by atoms with E-state index in [1.54, 1.807) is 12.1 Å². The summed E-state index contributed by atoms with van der Waals surface area (Å²) in [5.41, 5.74) is 2.65. The van der Waals surface area contributed by atoms with Crippen molar-refractivity contribution in [3.63, 3.8) is 0 Å². The van der Waals surface area contributed by atoms with Gasteiger partial charge in [0, 0.05) is 35.9 Å². The molecule has 148 valence electrons. The number of rotatable bonds is 6. The third kappa shape index (κ3) is 4.05. The standard InChI is InChI=1S/C21H24N2O4S/c24-19(23-20-18(21(25)26)16-2-1-3-17(16)28-20)14-4-6-15(7-5-14)22-12-13-8-10-27-11-9-13/h4-7,13,22H,1-3,8-12H2,(H,23,24)(H,25,26). The third-order valence-electron chi connectivity index (χ3n) is 5.45. The van der Waals surface area contributed by atoms with Crippen molar-refractivity contribution < 1.29 is 19.4 Å². The molecule has 0 bridgehead atoms. The molecule has 28 heavy (non-hydrogen) atoms. The maximum absolute atomic E-state index is 12.6. The summed E-state index contributed by atoms with van der Waals surface area (Å²) in [7, 11) is 0. The topological polar surface area (TPSA) is 87.7 Å². The van der Waals surface area contributed by atoms with Crippen LogP contribution in [0.1, 0.15) is 50.4 Å². The van der Waals surface area contributed by atoms with Crippen LogP contribution >= 0.6 is 11.3 Å². The second-order valence-electron chi connectivity index (χ2n) is 7.33. The van der Waals surface area contributed by atoms with Crippen molar-refractivity contribution in [3.05, 3.63) is 45.8 Å². The highest BCUT2D eigenvalue weighted by atomic mass is 32.1. The van der Waals surface area contributed by atoms with Gasteiger partial charge in [0.1, 0.15) is 5.00 Å². The first-order valence-electron chi connectivity index (χ1n) is 9.72. The number of carboxylic acid groups (broad SMARTS) is 1. The summed E-state index contributed by atoms with van der Waals surface area (Å²) >= 11 is 1.39. The van der Waals surface area contributed by atoms with Crippen LogP contribution in [0.5, 0.6) is 0 Å². The summed E-state index contributed by atoms with van der Waals surface area (Å²) in [6.45, 7) is 2.56. The van der Waals surface area contributed by atoms with Gasteiger partial charge in [-0.3, -0.25) is 4.79 Å². The Hall–Kier alpha value is -2.38. The molecule has 3 N–H and O–H groups in total. The van der Waals surface area contributed by atoms with E-state index < -0.39 is 5.97 Å². The summed E-state index contributed by atoms with van der Waals surface area (Å²) in [5.74, 6) is -0.632. The highest BCUT2D eigenvalue weighted by molar-refractivity contribution is 7.17. The van der Waals surface area contributed by atoms with Gasteiger partial charge in [-0.25, -0.2) is 4.79 Å². The van der Waals surface area contributed by atoms with Crippen LogP contribution in [0.3, 0.4) is 0 Å². The molecule has 6 nitrogen and oxygen atoms in total. The van der Waals surface area contributed by atoms with E-state index in [1.165, 1.54) is 11.3 Å². The van der Waals surface area contributed by atoms with E-state index in [0.29, 0.717) is 16.5 Å². The summed E-state index contributed by atoms with van der Waals surface area (Å²) in [6.07, 6.45) is 4.80. The van der Waals surface area contributed by atoms with Crippen molar-refractivity contribution in [2.24, 2.45) is 5.92 Å². The number of carbonyl (C=O) groups excluding carboxylic acids is 1. The predicted molar refractivity (Wildman–Crippen MR) is 110 cm³/mol. The molecule has 0 radical (unpaired) electrons. The molecule has 7 heteroatoms. The molecule has 0 spiro atoms. The molecule has 2 heterocycles. The Morgan fingerprint density at radius 3 is 2.61 bits per heavy atom.